The highest BCUT2D eigenvalue weighted by Crippen LogP contribution is 2.04. The quantitative estimate of drug-likeness (QED) is 0.643. The van der Waals surface area contributed by atoms with E-state index in [1.807, 2.05) is 0 Å². The van der Waals surface area contributed by atoms with Crippen molar-refractivity contribution in [3.05, 3.63) is 12.8 Å². The zero-order valence-corrected chi connectivity index (χ0v) is 8.05. The highest BCUT2D eigenvalue weighted by molar-refractivity contribution is 5.81. The average molecular weight is 170 g/mol. The molecule has 0 aromatic rings. The molecule has 1 unspecified atom stereocenters. The van der Waals surface area contributed by atoms with E-state index >= 15 is 0 Å². The Labute approximate surface area is 74.2 Å². The van der Waals surface area contributed by atoms with Gasteiger partial charge in [0.05, 0.1) is 0 Å². The van der Waals surface area contributed by atoms with Crippen LogP contribution in [0.4, 0.5) is 0 Å². The maximum atomic E-state index is 11.2. The molecule has 1 amide bonds. The molecule has 0 aliphatic carbocycles. The van der Waals surface area contributed by atoms with Gasteiger partial charge in [-0.15, -0.1) is 0 Å². The van der Waals surface area contributed by atoms with Gasteiger partial charge in [-0.1, -0.05) is 20.4 Å². The summed E-state index contributed by atoms with van der Waals surface area (Å²) in [5.74, 6) is 0.517. The van der Waals surface area contributed by atoms with Gasteiger partial charge in [0.2, 0.25) is 5.91 Å². The van der Waals surface area contributed by atoms with E-state index < -0.39 is 0 Å². The lowest BCUT2D eigenvalue weighted by molar-refractivity contribution is -0.122. The summed E-state index contributed by atoms with van der Waals surface area (Å²) in [6.45, 7) is 7.70. The van der Waals surface area contributed by atoms with E-state index in [1.165, 1.54) is 0 Å². The molecule has 0 spiro atoms. The number of likely N-dealkylation sites (N-methyl/N-ethyl adjacent to an activating group) is 1. The van der Waals surface area contributed by atoms with Crippen LogP contribution in [-0.2, 0) is 4.79 Å². The van der Waals surface area contributed by atoms with E-state index in [2.05, 4.69) is 31.1 Å². The van der Waals surface area contributed by atoms with Crippen LogP contribution >= 0.6 is 0 Å². The van der Waals surface area contributed by atoms with Crippen LogP contribution in [0.1, 0.15) is 20.3 Å². The third-order valence-corrected chi connectivity index (χ3v) is 1.59. The zero-order chi connectivity index (χ0) is 9.56. The summed E-state index contributed by atoms with van der Waals surface area (Å²) in [5, 5.41) is 5.52. The first-order chi connectivity index (χ1) is 5.61. The van der Waals surface area contributed by atoms with Gasteiger partial charge >= 0.3 is 0 Å². The van der Waals surface area contributed by atoms with Gasteiger partial charge in [0.15, 0.2) is 0 Å². The average Bonchev–Trinajstić information content (AvgIpc) is 2.01. The van der Waals surface area contributed by atoms with Crippen molar-refractivity contribution in [1.29, 1.82) is 0 Å². The predicted octanol–water partition coefficient (Wildman–Crippen LogP) is 0.880. The van der Waals surface area contributed by atoms with Gasteiger partial charge in [-0.05, 0) is 18.5 Å². The lowest BCUT2D eigenvalue weighted by Gasteiger charge is -2.17. The lowest BCUT2D eigenvalue weighted by atomic mass is 10.0. The van der Waals surface area contributed by atoms with E-state index in [9.17, 15) is 4.79 Å². The van der Waals surface area contributed by atoms with E-state index in [0.29, 0.717) is 5.92 Å². The van der Waals surface area contributed by atoms with Crippen LogP contribution in [0.2, 0.25) is 0 Å². The molecule has 0 saturated heterocycles. The number of hydrogen-bond donors (Lipinski definition) is 2. The molecule has 0 heterocycles. The van der Waals surface area contributed by atoms with Crippen LogP contribution in [0, 0.1) is 5.92 Å². The molecule has 3 nitrogen and oxygen atoms in total. The van der Waals surface area contributed by atoms with Gasteiger partial charge in [-0.2, -0.15) is 0 Å². The molecule has 70 valence electrons. The SMILES string of the molecule is C=CNC(CC(C)C)C(=O)NC. The molecule has 2 N–H and O–H groups in total. The van der Waals surface area contributed by atoms with Crippen LogP contribution in [0.3, 0.4) is 0 Å². The Morgan fingerprint density at radius 2 is 2.17 bits per heavy atom. The molecule has 0 bridgehead atoms. The molecule has 0 radical (unpaired) electrons. The molecule has 0 saturated carbocycles. The summed E-state index contributed by atoms with van der Waals surface area (Å²) in [7, 11) is 1.64. The minimum Gasteiger partial charge on any atom is -0.380 e. The smallest absolute Gasteiger partial charge is 0.242 e. The first-order valence-corrected chi connectivity index (χ1v) is 4.20. The Kier molecular flexibility index (Phi) is 5.17. The molecule has 0 fully saturated rings. The van der Waals surface area contributed by atoms with Crippen molar-refractivity contribution in [2.24, 2.45) is 5.92 Å². The normalized spacial score (nSPS) is 12.3. The third kappa shape index (κ3) is 4.01. The van der Waals surface area contributed by atoms with Gasteiger partial charge in [-0.25, -0.2) is 0 Å². The second kappa shape index (κ2) is 5.63. The standard InChI is InChI=1S/C9H18N2O/c1-5-11-8(6-7(2)3)9(12)10-4/h5,7-8,11H,1,6H2,2-4H3,(H,10,12). The van der Waals surface area contributed by atoms with Crippen LogP contribution in [0.5, 0.6) is 0 Å². The van der Waals surface area contributed by atoms with Gasteiger partial charge in [0.25, 0.3) is 0 Å². The van der Waals surface area contributed by atoms with Crippen molar-refractivity contribution < 1.29 is 4.79 Å². The van der Waals surface area contributed by atoms with Crippen molar-refractivity contribution in [1.82, 2.24) is 10.6 Å². The molecule has 0 aromatic carbocycles. The fraction of sp³-hybridized carbons (Fsp3) is 0.667. The van der Waals surface area contributed by atoms with E-state index in [0.717, 1.165) is 6.42 Å². The number of nitrogens with one attached hydrogen (secondary N) is 2. The van der Waals surface area contributed by atoms with Gasteiger partial charge < -0.3 is 10.6 Å². The topological polar surface area (TPSA) is 41.1 Å². The van der Waals surface area contributed by atoms with Crippen LogP contribution in [-0.4, -0.2) is 19.0 Å². The van der Waals surface area contributed by atoms with Crippen molar-refractivity contribution in [3.63, 3.8) is 0 Å². The van der Waals surface area contributed by atoms with Crippen molar-refractivity contribution >= 4 is 5.91 Å². The maximum absolute atomic E-state index is 11.2. The minimum atomic E-state index is -0.146. The number of rotatable bonds is 5. The van der Waals surface area contributed by atoms with E-state index in [1.54, 1.807) is 13.2 Å². The van der Waals surface area contributed by atoms with Crippen LogP contribution in [0.15, 0.2) is 12.8 Å². The Hall–Kier alpha value is -0.990. The molecule has 0 aliphatic heterocycles. The summed E-state index contributed by atoms with van der Waals surface area (Å²) in [5.41, 5.74) is 0. The second-order valence-electron chi connectivity index (χ2n) is 3.17. The molecule has 12 heavy (non-hydrogen) atoms. The molecular weight excluding hydrogens is 152 g/mol. The van der Waals surface area contributed by atoms with Crippen molar-refractivity contribution in [2.45, 2.75) is 26.3 Å². The predicted molar refractivity (Wildman–Crippen MR) is 50.6 cm³/mol. The number of carbonyl (C=O) groups excluding carboxylic acids is 1. The van der Waals surface area contributed by atoms with Crippen molar-refractivity contribution in [3.8, 4) is 0 Å². The highest BCUT2D eigenvalue weighted by Gasteiger charge is 2.15. The third-order valence-electron chi connectivity index (χ3n) is 1.59. The largest absolute Gasteiger partial charge is 0.380 e. The Morgan fingerprint density at radius 1 is 1.58 bits per heavy atom. The first-order valence-electron chi connectivity index (χ1n) is 4.20. The Morgan fingerprint density at radius 3 is 2.50 bits per heavy atom. The molecular formula is C9H18N2O. The van der Waals surface area contributed by atoms with Gasteiger partial charge in [-0.3, -0.25) is 4.79 Å². The molecule has 3 heteroatoms. The highest BCUT2D eigenvalue weighted by atomic mass is 16.2. The minimum absolute atomic E-state index is 0.0172. The summed E-state index contributed by atoms with van der Waals surface area (Å²) < 4.78 is 0. The second-order valence-corrected chi connectivity index (χ2v) is 3.17. The maximum Gasteiger partial charge on any atom is 0.242 e. The summed E-state index contributed by atoms with van der Waals surface area (Å²) in [6, 6.07) is -0.146. The monoisotopic (exact) mass is 170 g/mol. The summed E-state index contributed by atoms with van der Waals surface area (Å²) >= 11 is 0. The van der Waals surface area contributed by atoms with E-state index in [-0.39, 0.29) is 11.9 Å². The lowest BCUT2D eigenvalue weighted by Crippen LogP contribution is -2.41. The fourth-order valence-corrected chi connectivity index (χ4v) is 1.04. The van der Waals surface area contributed by atoms with Gasteiger partial charge in [0, 0.05) is 7.05 Å². The molecule has 0 rings (SSSR count). The Balaban J connectivity index is 4.02. The van der Waals surface area contributed by atoms with E-state index in [4.69, 9.17) is 0 Å². The fourth-order valence-electron chi connectivity index (χ4n) is 1.04. The van der Waals surface area contributed by atoms with Gasteiger partial charge in [0.1, 0.15) is 6.04 Å². The number of carbonyl (C=O) groups is 1. The van der Waals surface area contributed by atoms with Crippen molar-refractivity contribution in [2.75, 3.05) is 7.05 Å². The first kappa shape index (κ1) is 11.0. The number of hydrogen-bond acceptors (Lipinski definition) is 2. The number of amides is 1. The molecule has 1 atom stereocenters. The van der Waals surface area contributed by atoms with Crippen LogP contribution < -0.4 is 10.6 Å². The van der Waals surface area contributed by atoms with Crippen LogP contribution in [0.25, 0.3) is 0 Å². The molecule has 0 aliphatic rings. The Bertz CT molecular complexity index is 155. The summed E-state index contributed by atoms with van der Waals surface area (Å²) in [4.78, 5) is 11.2. The molecule has 0 aromatic heterocycles. The zero-order valence-electron chi connectivity index (χ0n) is 8.05. The summed E-state index contributed by atoms with van der Waals surface area (Å²) in [6.07, 6.45) is 2.38.